The van der Waals surface area contributed by atoms with Gasteiger partial charge in [-0.25, -0.2) is 0 Å². The van der Waals surface area contributed by atoms with Gasteiger partial charge in [-0.3, -0.25) is 4.99 Å². The zero-order valence-corrected chi connectivity index (χ0v) is 10.5. The summed E-state index contributed by atoms with van der Waals surface area (Å²) in [5.41, 5.74) is 3.77. The quantitative estimate of drug-likeness (QED) is 0.917. The van der Waals surface area contributed by atoms with E-state index in [9.17, 15) is 9.90 Å². The zero-order chi connectivity index (χ0) is 13.9. The average molecular weight is 263 g/mol. The fraction of sp³-hybridized carbons (Fsp3) is 0. The second-order valence-corrected chi connectivity index (χ2v) is 4.35. The maximum Gasteiger partial charge on any atom is 0.0729 e. The Bertz CT molecular complexity index is 706. The first-order valence-electron chi connectivity index (χ1n) is 6.16. The lowest BCUT2D eigenvalue weighted by atomic mass is 9.99. The summed E-state index contributed by atoms with van der Waals surface area (Å²) in [6, 6.07) is 10.5. The molecule has 0 radical (unpaired) electrons. The van der Waals surface area contributed by atoms with E-state index >= 15 is 0 Å². The van der Waals surface area contributed by atoms with Crippen LogP contribution < -0.4 is 5.11 Å². The SMILES string of the molecule is O=C([O-])c1ccc(C(=C2C=CC=N2)c2ccc[nH]2)cc1. The van der Waals surface area contributed by atoms with Crippen LogP contribution in [-0.2, 0) is 0 Å². The second-order valence-electron chi connectivity index (χ2n) is 4.35. The highest BCUT2D eigenvalue weighted by molar-refractivity contribution is 5.90. The van der Waals surface area contributed by atoms with Gasteiger partial charge in [0.25, 0.3) is 0 Å². The van der Waals surface area contributed by atoms with Crippen molar-refractivity contribution in [1.82, 2.24) is 4.98 Å². The lowest BCUT2D eigenvalue weighted by Gasteiger charge is -2.10. The van der Waals surface area contributed by atoms with E-state index in [4.69, 9.17) is 0 Å². The van der Waals surface area contributed by atoms with E-state index in [1.54, 1.807) is 18.3 Å². The van der Waals surface area contributed by atoms with Crippen molar-refractivity contribution < 1.29 is 9.90 Å². The number of aromatic nitrogens is 1. The van der Waals surface area contributed by atoms with Gasteiger partial charge in [0.05, 0.1) is 11.7 Å². The predicted molar refractivity (Wildman–Crippen MR) is 75.2 cm³/mol. The minimum atomic E-state index is -1.18. The molecule has 0 aliphatic carbocycles. The first-order chi connectivity index (χ1) is 9.75. The maximum atomic E-state index is 10.8. The number of nitrogens with one attached hydrogen (secondary N) is 1. The van der Waals surface area contributed by atoms with Crippen molar-refractivity contribution in [3.8, 4) is 0 Å². The highest BCUT2D eigenvalue weighted by Crippen LogP contribution is 2.28. The summed E-state index contributed by atoms with van der Waals surface area (Å²) in [4.78, 5) is 18.3. The number of benzene rings is 1. The lowest BCUT2D eigenvalue weighted by molar-refractivity contribution is -0.255. The third-order valence-corrected chi connectivity index (χ3v) is 3.09. The number of allylic oxidation sites excluding steroid dienone is 2. The van der Waals surface area contributed by atoms with Crippen molar-refractivity contribution >= 4 is 17.8 Å². The molecule has 2 heterocycles. The summed E-state index contributed by atoms with van der Waals surface area (Å²) in [5.74, 6) is -1.18. The number of aromatic carboxylic acids is 1. The van der Waals surface area contributed by atoms with E-state index in [0.29, 0.717) is 0 Å². The van der Waals surface area contributed by atoms with E-state index in [1.807, 2.05) is 30.5 Å². The molecule has 1 aromatic carbocycles. The summed E-state index contributed by atoms with van der Waals surface area (Å²) in [6.07, 6.45) is 7.36. The van der Waals surface area contributed by atoms with Crippen LogP contribution >= 0.6 is 0 Å². The van der Waals surface area contributed by atoms with Gasteiger partial charge in [-0.15, -0.1) is 0 Å². The molecule has 1 N–H and O–H groups in total. The Morgan fingerprint density at radius 1 is 1.10 bits per heavy atom. The number of hydrogen-bond acceptors (Lipinski definition) is 3. The van der Waals surface area contributed by atoms with Crippen LogP contribution in [0.2, 0.25) is 0 Å². The van der Waals surface area contributed by atoms with E-state index in [2.05, 4.69) is 9.98 Å². The summed E-state index contributed by atoms with van der Waals surface area (Å²) in [5, 5.41) is 10.8. The largest absolute Gasteiger partial charge is 0.545 e. The van der Waals surface area contributed by atoms with Gasteiger partial charge >= 0.3 is 0 Å². The number of H-pyrrole nitrogens is 1. The Labute approximate surface area is 115 Å². The van der Waals surface area contributed by atoms with Crippen molar-refractivity contribution in [2.24, 2.45) is 4.99 Å². The molecule has 0 saturated carbocycles. The fourth-order valence-electron chi connectivity index (χ4n) is 2.15. The number of carbonyl (C=O) groups is 1. The van der Waals surface area contributed by atoms with Crippen molar-refractivity contribution in [3.63, 3.8) is 0 Å². The summed E-state index contributed by atoms with van der Waals surface area (Å²) in [6.45, 7) is 0. The minimum Gasteiger partial charge on any atom is -0.545 e. The molecule has 0 unspecified atom stereocenters. The second kappa shape index (κ2) is 5.01. The molecule has 2 aromatic rings. The van der Waals surface area contributed by atoms with Gasteiger partial charge in [-0.1, -0.05) is 24.3 Å². The number of carboxylic acids is 1. The Hall–Kier alpha value is -2.88. The molecule has 4 heteroatoms. The predicted octanol–water partition coefficient (Wildman–Crippen LogP) is 1.78. The fourth-order valence-corrected chi connectivity index (χ4v) is 2.15. The van der Waals surface area contributed by atoms with Gasteiger partial charge in [-0.2, -0.15) is 0 Å². The molecule has 20 heavy (non-hydrogen) atoms. The standard InChI is InChI=1S/C16H12N2O2/c19-16(20)12-7-5-11(6-8-12)15(13-3-1-9-17-13)14-4-2-10-18-14/h1-10,17H,(H,19,20)/p-1. The van der Waals surface area contributed by atoms with Gasteiger partial charge in [-0.05, 0) is 35.4 Å². The zero-order valence-electron chi connectivity index (χ0n) is 10.5. The van der Waals surface area contributed by atoms with Crippen LogP contribution in [0.15, 0.2) is 65.4 Å². The van der Waals surface area contributed by atoms with Crippen LogP contribution in [0.3, 0.4) is 0 Å². The van der Waals surface area contributed by atoms with Crippen LogP contribution in [0.4, 0.5) is 0 Å². The van der Waals surface area contributed by atoms with Gasteiger partial charge in [0, 0.05) is 23.7 Å². The van der Waals surface area contributed by atoms with Gasteiger partial charge in [0.2, 0.25) is 0 Å². The van der Waals surface area contributed by atoms with Gasteiger partial charge < -0.3 is 14.9 Å². The molecule has 0 saturated heterocycles. The monoisotopic (exact) mass is 263 g/mol. The number of rotatable bonds is 3. The summed E-state index contributed by atoms with van der Waals surface area (Å²) in [7, 11) is 0. The Kier molecular flexibility index (Phi) is 3.05. The van der Waals surface area contributed by atoms with Crippen LogP contribution in [0.5, 0.6) is 0 Å². The third-order valence-electron chi connectivity index (χ3n) is 3.09. The highest BCUT2D eigenvalue weighted by atomic mass is 16.4. The number of aromatic amines is 1. The molecule has 0 atom stereocenters. The smallest absolute Gasteiger partial charge is 0.0729 e. The topological polar surface area (TPSA) is 68.3 Å². The van der Waals surface area contributed by atoms with Gasteiger partial charge in [0.15, 0.2) is 0 Å². The molecule has 0 fully saturated rings. The summed E-state index contributed by atoms with van der Waals surface area (Å²) < 4.78 is 0. The maximum absolute atomic E-state index is 10.8. The Balaban J connectivity index is 2.12. The van der Waals surface area contributed by atoms with Crippen molar-refractivity contribution in [2.45, 2.75) is 0 Å². The van der Waals surface area contributed by atoms with Crippen LogP contribution in [-0.4, -0.2) is 17.2 Å². The molecule has 0 amide bonds. The number of nitrogens with zero attached hydrogens (tertiary/aromatic N) is 1. The van der Waals surface area contributed by atoms with Crippen LogP contribution in [0, 0.1) is 0 Å². The molecule has 3 rings (SSSR count). The number of carbonyl (C=O) groups excluding carboxylic acids is 1. The first kappa shape index (κ1) is 12.2. The molecule has 4 nitrogen and oxygen atoms in total. The van der Waals surface area contributed by atoms with Crippen molar-refractivity contribution in [3.05, 3.63) is 77.3 Å². The highest BCUT2D eigenvalue weighted by Gasteiger charge is 2.12. The molecular formula is C16H11N2O2-. The molecule has 1 aromatic heterocycles. The minimum absolute atomic E-state index is 0.162. The molecule has 1 aliphatic heterocycles. The van der Waals surface area contributed by atoms with Crippen LogP contribution in [0.1, 0.15) is 21.6 Å². The molecule has 98 valence electrons. The van der Waals surface area contributed by atoms with Crippen LogP contribution in [0.25, 0.3) is 5.57 Å². The van der Waals surface area contributed by atoms with Crippen molar-refractivity contribution in [1.29, 1.82) is 0 Å². The van der Waals surface area contributed by atoms with E-state index < -0.39 is 5.97 Å². The average Bonchev–Trinajstić information content (AvgIpc) is 3.13. The number of hydrogen-bond donors (Lipinski definition) is 1. The third kappa shape index (κ3) is 2.19. The number of carboxylic acid groups (broad SMARTS) is 1. The Morgan fingerprint density at radius 2 is 1.85 bits per heavy atom. The molecule has 0 spiro atoms. The summed E-state index contributed by atoms with van der Waals surface area (Å²) >= 11 is 0. The van der Waals surface area contributed by atoms with E-state index in [-0.39, 0.29) is 5.56 Å². The van der Waals surface area contributed by atoms with Gasteiger partial charge in [0.1, 0.15) is 0 Å². The molecule has 0 bridgehead atoms. The van der Waals surface area contributed by atoms with E-state index in [1.165, 1.54) is 12.1 Å². The van der Waals surface area contributed by atoms with Crippen molar-refractivity contribution in [2.75, 3.05) is 0 Å². The van der Waals surface area contributed by atoms with E-state index in [0.717, 1.165) is 22.5 Å². The molecule has 1 aliphatic rings. The molecular weight excluding hydrogens is 252 g/mol. The number of aliphatic imine (C=N–C) groups is 1. The Morgan fingerprint density at radius 3 is 2.40 bits per heavy atom. The normalized spacial score (nSPS) is 15.6. The first-order valence-corrected chi connectivity index (χ1v) is 6.16. The lowest BCUT2D eigenvalue weighted by Crippen LogP contribution is -2.21.